The zero-order chi connectivity index (χ0) is 20.1. The first-order valence-corrected chi connectivity index (χ1v) is 8.56. The van der Waals surface area contributed by atoms with Gasteiger partial charge in [0.2, 0.25) is 6.79 Å². The summed E-state index contributed by atoms with van der Waals surface area (Å²) in [5.41, 5.74) is 0.168. The lowest BCUT2D eigenvalue weighted by Crippen LogP contribution is -2.34. The first-order valence-electron chi connectivity index (χ1n) is 8.56. The van der Waals surface area contributed by atoms with Gasteiger partial charge in [0.1, 0.15) is 5.56 Å². The smallest absolute Gasteiger partial charge is 0.345 e. The fourth-order valence-corrected chi connectivity index (χ4v) is 2.72. The Labute approximate surface area is 160 Å². The van der Waals surface area contributed by atoms with Gasteiger partial charge in [-0.05, 0) is 12.5 Å². The van der Waals surface area contributed by atoms with Crippen molar-refractivity contribution in [3.63, 3.8) is 0 Å². The number of nitro groups is 1. The molecule has 146 valence electrons. The van der Waals surface area contributed by atoms with Crippen molar-refractivity contribution in [2.75, 3.05) is 19.9 Å². The minimum atomic E-state index is -0.978. The van der Waals surface area contributed by atoms with E-state index in [0.717, 1.165) is 11.6 Å². The van der Waals surface area contributed by atoms with Gasteiger partial charge in [-0.3, -0.25) is 14.9 Å². The summed E-state index contributed by atoms with van der Waals surface area (Å²) in [7, 11) is 0. The van der Waals surface area contributed by atoms with Gasteiger partial charge in [-0.2, -0.15) is 0 Å². The number of amides is 1. The second-order valence-corrected chi connectivity index (χ2v) is 5.95. The Hall–Kier alpha value is -3.62. The van der Waals surface area contributed by atoms with Gasteiger partial charge in [0.25, 0.3) is 11.6 Å². The van der Waals surface area contributed by atoms with Gasteiger partial charge >= 0.3 is 5.97 Å². The summed E-state index contributed by atoms with van der Waals surface area (Å²) in [6.45, 7) is 2.00. The zero-order valence-electron chi connectivity index (χ0n) is 15.1. The maximum absolute atomic E-state index is 12.4. The Kier molecular flexibility index (Phi) is 5.73. The third-order valence-corrected chi connectivity index (χ3v) is 4.18. The summed E-state index contributed by atoms with van der Waals surface area (Å²) in [6.07, 6.45) is 0. The van der Waals surface area contributed by atoms with E-state index in [4.69, 9.17) is 14.2 Å². The average Bonchev–Trinajstić information content (AvgIpc) is 3.17. The van der Waals surface area contributed by atoms with Gasteiger partial charge in [-0.15, -0.1) is 0 Å². The Morgan fingerprint density at radius 3 is 2.50 bits per heavy atom. The number of nitro benzene ring substituents is 1. The van der Waals surface area contributed by atoms with Crippen molar-refractivity contribution in [2.24, 2.45) is 0 Å². The molecule has 2 aromatic carbocycles. The fraction of sp³-hybridized carbons (Fsp3) is 0.263. The van der Waals surface area contributed by atoms with Crippen LogP contribution in [0.15, 0.2) is 42.5 Å². The van der Waals surface area contributed by atoms with E-state index in [1.807, 2.05) is 37.3 Å². The van der Waals surface area contributed by atoms with Crippen LogP contribution in [0.5, 0.6) is 11.5 Å². The molecule has 9 heteroatoms. The number of fused-ring (bicyclic) bond motifs is 1. The first-order chi connectivity index (χ1) is 13.5. The molecule has 0 bridgehead atoms. The molecule has 0 radical (unpaired) electrons. The summed E-state index contributed by atoms with van der Waals surface area (Å²) in [4.78, 5) is 36.8. The van der Waals surface area contributed by atoms with Gasteiger partial charge in [0.05, 0.1) is 11.0 Å². The number of ether oxygens (including phenoxy) is 3. The van der Waals surface area contributed by atoms with Crippen LogP contribution >= 0.6 is 0 Å². The normalized spacial score (nSPS) is 11.8. The zero-order valence-corrected chi connectivity index (χ0v) is 15.1. The highest BCUT2D eigenvalue weighted by molar-refractivity contribution is 5.96. The summed E-state index contributed by atoms with van der Waals surface area (Å²) in [6, 6.07) is 11.7. The monoisotopic (exact) mass is 386 g/mol. The maximum atomic E-state index is 12.4. The van der Waals surface area contributed by atoms with Gasteiger partial charge in [0, 0.05) is 19.2 Å². The van der Waals surface area contributed by atoms with Crippen LogP contribution in [0.25, 0.3) is 0 Å². The molecule has 0 N–H and O–H groups in total. The highest BCUT2D eigenvalue weighted by Crippen LogP contribution is 2.38. The van der Waals surface area contributed by atoms with E-state index < -0.39 is 29.1 Å². The number of esters is 1. The number of carbonyl (C=O) groups is 2. The molecule has 0 spiro atoms. The number of hydrogen-bond acceptors (Lipinski definition) is 7. The average molecular weight is 386 g/mol. The fourth-order valence-electron chi connectivity index (χ4n) is 2.72. The largest absolute Gasteiger partial charge is 0.454 e. The van der Waals surface area contributed by atoms with Crippen molar-refractivity contribution >= 4 is 17.6 Å². The van der Waals surface area contributed by atoms with Crippen LogP contribution < -0.4 is 9.47 Å². The number of likely N-dealkylation sites (N-methyl/N-ethyl adjacent to an activating group) is 1. The van der Waals surface area contributed by atoms with Crippen molar-refractivity contribution in [1.82, 2.24) is 4.90 Å². The van der Waals surface area contributed by atoms with Crippen LogP contribution in [-0.2, 0) is 16.1 Å². The van der Waals surface area contributed by atoms with Crippen molar-refractivity contribution in [3.05, 3.63) is 63.7 Å². The van der Waals surface area contributed by atoms with Crippen LogP contribution in [0.3, 0.4) is 0 Å². The molecule has 0 atom stereocenters. The summed E-state index contributed by atoms with van der Waals surface area (Å²) in [5, 5.41) is 11.2. The number of carbonyl (C=O) groups excluding carboxylic acids is 2. The van der Waals surface area contributed by atoms with E-state index in [1.54, 1.807) is 0 Å². The van der Waals surface area contributed by atoms with Crippen LogP contribution in [0, 0.1) is 10.1 Å². The Bertz CT molecular complexity index is 899. The summed E-state index contributed by atoms with van der Waals surface area (Å²) in [5.74, 6) is -0.986. The Morgan fingerprint density at radius 2 is 1.86 bits per heavy atom. The molecule has 0 aromatic heterocycles. The maximum Gasteiger partial charge on any atom is 0.345 e. The number of benzene rings is 2. The molecule has 0 unspecified atom stereocenters. The molecular formula is C19H18N2O7. The molecule has 1 aliphatic heterocycles. The highest BCUT2D eigenvalue weighted by atomic mass is 16.7. The van der Waals surface area contributed by atoms with Crippen LogP contribution in [0.4, 0.5) is 5.69 Å². The molecule has 1 amide bonds. The lowest BCUT2D eigenvalue weighted by Gasteiger charge is -2.20. The molecule has 3 rings (SSSR count). The molecule has 0 saturated heterocycles. The van der Waals surface area contributed by atoms with Crippen molar-refractivity contribution in [1.29, 1.82) is 0 Å². The minimum Gasteiger partial charge on any atom is -0.454 e. The topological polar surface area (TPSA) is 108 Å². The van der Waals surface area contributed by atoms with Gasteiger partial charge in [-0.25, -0.2) is 4.79 Å². The number of hydrogen-bond donors (Lipinski definition) is 0. The molecule has 0 fully saturated rings. The molecule has 9 nitrogen and oxygen atoms in total. The highest BCUT2D eigenvalue weighted by Gasteiger charge is 2.28. The van der Waals surface area contributed by atoms with Crippen LogP contribution in [0.2, 0.25) is 0 Å². The lowest BCUT2D eigenvalue weighted by molar-refractivity contribution is -0.385. The van der Waals surface area contributed by atoms with Crippen molar-refractivity contribution in [3.8, 4) is 11.5 Å². The van der Waals surface area contributed by atoms with Gasteiger partial charge < -0.3 is 19.1 Å². The third-order valence-electron chi connectivity index (χ3n) is 4.18. The molecule has 1 aliphatic rings. The SMILES string of the molecule is CCN(Cc1ccccc1)C(=O)COC(=O)c1cc2c(cc1[N+](=O)[O-])OCO2. The van der Waals surface area contributed by atoms with E-state index in [2.05, 4.69) is 0 Å². The predicted molar refractivity (Wildman–Crippen MR) is 97.0 cm³/mol. The van der Waals surface area contributed by atoms with E-state index in [1.165, 1.54) is 11.0 Å². The minimum absolute atomic E-state index is 0.0889. The molecule has 28 heavy (non-hydrogen) atoms. The third kappa shape index (κ3) is 4.20. The molecule has 1 heterocycles. The first kappa shape index (κ1) is 19.2. The molecule has 0 saturated carbocycles. The van der Waals surface area contributed by atoms with Gasteiger partial charge in [-0.1, -0.05) is 30.3 Å². The Balaban J connectivity index is 1.68. The van der Waals surface area contributed by atoms with Crippen LogP contribution in [0.1, 0.15) is 22.8 Å². The Morgan fingerprint density at radius 1 is 1.18 bits per heavy atom. The van der Waals surface area contributed by atoms with Crippen molar-refractivity contribution < 1.29 is 28.7 Å². The van der Waals surface area contributed by atoms with Crippen LogP contribution in [-0.4, -0.2) is 41.6 Å². The molecule has 0 aliphatic carbocycles. The second kappa shape index (κ2) is 8.38. The quantitative estimate of drug-likeness (QED) is 0.409. The van der Waals surface area contributed by atoms with Crippen molar-refractivity contribution in [2.45, 2.75) is 13.5 Å². The van der Waals surface area contributed by atoms with E-state index in [0.29, 0.717) is 13.1 Å². The van der Waals surface area contributed by atoms with E-state index in [-0.39, 0.29) is 23.9 Å². The number of rotatable bonds is 7. The van der Waals surface area contributed by atoms with E-state index >= 15 is 0 Å². The second-order valence-electron chi connectivity index (χ2n) is 5.95. The summed E-state index contributed by atoms with van der Waals surface area (Å²) < 4.78 is 15.3. The van der Waals surface area contributed by atoms with Gasteiger partial charge in [0.15, 0.2) is 18.1 Å². The number of nitrogens with zero attached hydrogens (tertiary/aromatic N) is 2. The standard InChI is InChI=1S/C19H18N2O7/c1-2-20(10-13-6-4-3-5-7-13)18(22)11-26-19(23)14-8-16-17(28-12-27-16)9-15(14)21(24)25/h3-9H,2,10-12H2,1H3. The predicted octanol–water partition coefficient (Wildman–Crippen LogP) is 2.53. The molecule has 2 aromatic rings. The lowest BCUT2D eigenvalue weighted by atomic mass is 10.1. The van der Waals surface area contributed by atoms with E-state index in [9.17, 15) is 19.7 Å². The summed E-state index contributed by atoms with van der Waals surface area (Å²) >= 11 is 0. The molecular weight excluding hydrogens is 368 g/mol.